The van der Waals surface area contributed by atoms with Crippen LogP contribution in [0.15, 0.2) is 0 Å². The van der Waals surface area contributed by atoms with Crippen LogP contribution in [0.25, 0.3) is 0 Å². The second-order valence-electron chi connectivity index (χ2n) is 4.55. The summed E-state index contributed by atoms with van der Waals surface area (Å²) in [5, 5.41) is 47.4. The van der Waals surface area contributed by atoms with Gasteiger partial charge in [0.2, 0.25) is 5.41 Å². The first-order valence-electron chi connectivity index (χ1n) is 6.36. The summed E-state index contributed by atoms with van der Waals surface area (Å²) in [5.41, 5.74) is -4.97. The van der Waals surface area contributed by atoms with Gasteiger partial charge in [0.1, 0.15) is 0 Å². The molecule has 0 aromatic rings. The third-order valence-electron chi connectivity index (χ3n) is 3.32. The van der Waals surface area contributed by atoms with Gasteiger partial charge in [-0.25, -0.2) is 0 Å². The van der Waals surface area contributed by atoms with Crippen LogP contribution in [0.2, 0.25) is 0 Å². The number of carboxylic acids is 1. The number of hydrogen-bond donors (Lipinski definition) is 0. The topological polar surface area (TPSA) is 135 Å². The van der Waals surface area contributed by atoms with Gasteiger partial charge in [0.05, 0.1) is 30.2 Å². The van der Waals surface area contributed by atoms with Gasteiger partial charge in [0, 0.05) is 0 Å². The van der Waals surface area contributed by atoms with E-state index in [-0.39, 0.29) is 36.0 Å². The third-order valence-corrected chi connectivity index (χ3v) is 3.32. The molecule has 0 heterocycles. The van der Waals surface area contributed by atoms with Crippen molar-refractivity contribution in [1.82, 2.24) is 0 Å². The standard InChI is InChI=1S/C14H16N4O2.Na/c1-2-3-4-5-6-7-13(8-15,9-16)14(10-17,11-18)12(19)20;/h2-7H2,1H3,(H,19,20);/q;+1/p-1. The minimum atomic E-state index is -2.76. The number of carbonyl (C=O) groups is 1. The predicted octanol–water partition coefficient (Wildman–Crippen LogP) is -1.83. The van der Waals surface area contributed by atoms with E-state index in [1.165, 1.54) is 12.1 Å². The first-order valence-corrected chi connectivity index (χ1v) is 6.36. The van der Waals surface area contributed by atoms with Crippen LogP contribution in [-0.2, 0) is 4.79 Å². The molecule has 7 heteroatoms. The van der Waals surface area contributed by atoms with Crippen LogP contribution in [0.3, 0.4) is 0 Å². The molecule has 0 saturated heterocycles. The van der Waals surface area contributed by atoms with Gasteiger partial charge < -0.3 is 9.90 Å². The molecule has 0 aliphatic heterocycles. The average Bonchev–Trinajstić information content (AvgIpc) is 2.46. The summed E-state index contributed by atoms with van der Waals surface area (Å²) in [6.07, 6.45) is 3.87. The summed E-state index contributed by atoms with van der Waals surface area (Å²) in [4.78, 5) is 11.1. The zero-order valence-corrected chi connectivity index (χ0v) is 14.3. The van der Waals surface area contributed by atoms with Crippen LogP contribution in [-0.4, -0.2) is 5.97 Å². The Bertz CT molecular complexity index is 491. The zero-order valence-electron chi connectivity index (χ0n) is 12.3. The van der Waals surface area contributed by atoms with Crippen LogP contribution in [0.5, 0.6) is 0 Å². The van der Waals surface area contributed by atoms with Crippen molar-refractivity contribution in [2.75, 3.05) is 0 Å². The summed E-state index contributed by atoms with van der Waals surface area (Å²) in [5.74, 6) is -2.00. The summed E-state index contributed by atoms with van der Waals surface area (Å²) in [6, 6.07) is 5.69. The third kappa shape index (κ3) is 4.45. The predicted molar refractivity (Wildman–Crippen MR) is 65.7 cm³/mol. The number of carboxylic acid groups (broad SMARTS) is 1. The minimum Gasteiger partial charge on any atom is -0.547 e. The first-order chi connectivity index (χ1) is 9.50. The molecule has 0 bridgehead atoms. The minimum absolute atomic E-state index is 0. The Morgan fingerprint density at radius 1 is 0.952 bits per heavy atom. The van der Waals surface area contributed by atoms with Crippen molar-refractivity contribution in [2.24, 2.45) is 10.8 Å². The molecule has 0 N–H and O–H groups in total. The second kappa shape index (κ2) is 10.2. The molecule has 104 valence electrons. The molecule has 0 aromatic heterocycles. The summed E-state index contributed by atoms with van der Waals surface area (Å²) in [7, 11) is 0. The molecule has 0 saturated carbocycles. The fraction of sp³-hybridized carbons (Fsp3) is 0.643. The van der Waals surface area contributed by atoms with Gasteiger partial charge >= 0.3 is 29.6 Å². The quantitative estimate of drug-likeness (QED) is 0.381. The van der Waals surface area contributed by atoms with Gasteiger partial charge in [-0.2, -0.15) is 21.0 Å². The van der Waals surface area contributed by atoms with E-state index in [4.69, 9.17) is 21.0 Å². The fourth-order valence-corrected chi connectivity index (χ4v) is 1.97. The van der Waals surface area contributed by atoms with E-state index in [0.717, 1.165) is 19.3 Å². The van der Waals surface area contributed by atoms with Crippen LogP contribution in [0, 0.1) is 56.2 Å². The first kappa shape index (κ1) is 21.7. The van der Waals surface area contributed by atoms with Crippen LogP contribution >= 0.6 is 0 Å². The molecule has 0 amide bonds. The Morgan fingerprint density at radius 2 is 1.43 bits per heavy atom. The maximum absolute atomic E-state index is 11.1. The fourth-order valence-electron chi connectivity index (χ4n) is 1.97. The van der Waals surface area contributed by atoms with Gasteiger partial charge in [0.25, 0.3) is 0 Å². The van der Waals surface area contributed by atoms with Gasteiger partial charge in [0.15, 0.2) is 5.41 Å². The second-order valence-corrected chi connectivity index (χ2v) is 4.55. The molecule has 0 aliphatic carbocycles. The smallest absolute Gasteiger partial charge is 0.547 e. The Balaban J connectivity index is 0. The van der Waals surface area contributed by atoms with Crippen LogP contribution < -0.4 is 34.7 Å². The molecule has 0 rings (SSSR count). The van der Waals surface area contributed by atoms with Gasteiger partial charge in [-0.3, -0.25) is 0 Å². The number of nitriles is 4. The van der Waals surface area contributed by atoms with Crippen molar-refractivity contribution < 1.29 is 39.5 Å². The van der Waals surface area contributed by atoms with E-state index in [1.807, 2.05) is 6.92 Å². The van der Waals surface area contributed by atoms with E-state index in [9.17, 15) is 9.90 Å². The normalized spacial score (nSPS) is 10.1. The molecule has 0 aliphatic rings. The van der Waals surface area contributed by atoms with Crippen LogP contribution in [0.1, 0.15) is 45.4 Å². The molecule has 0 radical (unpaired) electrons. The molecule has 0 atom stereocenters. The van der Waals surface area contributed by atoms with Gasteiger partial charge in [-0.15, -0.1) is 0 Å². The number of aliphatic carboxylic acids is 1. The monoisotopic (exact) mass is 294 g/mol. The van der Waals surface area contributed by atoms with E-state index in [2.05, 4.69) is 0 Å². The Labute approximate surface area is 146 Å². The molecule has 6 nitrogen and oxygen atoms in total. The van der Waals surface area contributed by atoms with Crippen molar-refractivity contribution in [1.29, 1.82) is 21.0 Å². The van der Waals surface area contributed by atoms with E-state index < -0.39 is 16.8 Å². The van der Waals surface area contributed by atoms with Crippen molar-refractivity contribution >= 4 is 5.97 Å². The summed E-state index contributed by atoms with van der Waals surface area (Å²) < 4.78 is 0. The molecule has 0 spiro atoms. The van der Waals surface area contributed by atoms with Crippen molar-refractivity contribution in [2.45, 2.75) is 45.4 Å². The van der Waals surface area contributed by atoms with Crippen molar-refractivity contribution in [3.63, 3.8) is 0 Å². The molecule has 21 heavy (non-hydrogen) atoms. The number of hydrogen-bond acceptors (Lipinski definition) is 6. The van der Waals surface area contributed by atoms with E-state index in [0.29, 0.717) is 12.8 Å². The zero-order chi connectivity index (χ0) is 15.6. The number of nitrogens with zero attached hydrogens (tertiary/aromatic N) is 4. The summed E-state index contributed by atoms with van der Waals surface area (Å²) in [6.45, 7) is 2.03. The maximum atomic E-state index is 11.1. The summed E-state index contributed by atoms with van der Waals surface area (Å²) >= 11 is 0. The Morgan fingerprint density at radius 3 is 1.76 bits per heavy atom. The Kier molecular flexibility index (Phi) is 10.6. The average molecular weight is 294 g/mol. The van der Waals surface area contributed by atoms with E-state index >= 15 is 0 Å². The van der Waals surface area contributed by atoms with E-state index in [1.54, 1.807) is 12.1 Å². The largest absolute Gasteiger partial charge is 1.00 e. The van der Waals surface area contributed by atoms with Crippen molar-refractivity contribution in [3.05, 3.63) is 0 Å². The molecule has 0 unspecified atom stereocenters. The van der Waals surface area contributed by atoms with Crippen molar-refractivity contribution in [3.8, 4) is 24.3 Å². The number of rotatable bonds is 8. The van der Waals surface area contributed by atoms with Gasteiger partial charge in [-0.1, -0.05) is 39.0 Å². The number of unbranched alkanes of at least 4 members (excludes halogenated alkanes) is 4. The Hall–Kier alpha value is -1.57. The molecular formula is C14H15N4NaO2. The van der Waals surface area contributed by atoms with Crippen LogP contribution in [0.4, 0.5) is 0 Å². The molecule has 0 aromatic carbocycles. The molecular weight excluding hydrogens is 279 g/mol. The van der Waals surface area contributed by atoms with Gasteiger partial charge in [-0.05, 0) is 6.42 Å². The number of carbonyl (C=O) groups excluding carboxylic acids is 1. The maximum Gasteiger partial charge on any atom is 1.00 e. The SMILES string of the molecule is CCCCCCCC(C#N)(C#N)C(C#N)(C#N)C(=O)[O-].[Na+]. The molecule has 0 fully saturated rings.